The molecule has 0 fully saturated rings. The Balaban J connectivity index is 1.56. The summed E-state index contributed by atoms with van der Waals surface area (Å²) in [7, 11) is 0. The minimum Gasteiger partial charge on any atom is -0.350 e. The number of thioether (sulfide) groups is 1. The largest absolute Gasteiger partial charge is 0.350 e. The van der Waals surface area contributed by atoms with Gasteiger partial charge in [-0.05, 0) is 41.3 Å². The average Bonchev–Trinajstić information content (AvgIpc) is 3.28. The molecule has 154 valence electrons. The molecule has 1 aromatic heterocycles. The van der Waals surface area contributed by atoms with Crippen LogP contribution in [0.3, 0.4) is 0 Å². The number of benzene rings is 2. The van der Waals surface area contributed by atoms with Crippen molar-refractivity contribution in [1.29, 1.82) is 0 Å². The zero-order valence-corrected chi connectivity index (χ0v) is 18.5. The molecule has 2 amide bonds. The molecule has 0 saturated carbocycles. The predicted molar refractivity (Wildman–Crippen MR) is 127 cm³/mol. The Hall–Kier alpha value is -2.54. The first-order valence-corrected chi connectivity index (χ1v) is 11.8. The summed E-state index contributed by atoms with van der Waals surface area (Å²) in [5, 5.41) is 8.29. The van der Waals surface area contributed by atoms with Crippen LogP contribution in [-0.2, 0) is 10.5 Å². The Morgan fingerprint density at radius 1 is 1.00 bits per heavy atom. The van der Waals surface area contributed by atoms with E-state index in [0.717, 1.165) is 27.0 Å². The number of hydrogen-bond acceptors (Lipinski definition) is 4. The van der Waals surface area contributed by atoms with E-state index < -0.39 is 0 Å². The topological polar surface area (TPSA) is 58.2 Å². The van der Waals surface area contributed by atoms with Crippen molar-refractivity contribution in [2.45, 2.75) is 5.75 Å². The minimum absolute atomic E-state index is 0.224. The first-order chi connectivity index (χ1) is 14.6. The second kappa shape index (κ2) is 11.6. The van der Waals surface area contributed by atoms with Crippen LogP contribution in [0.1, 0.15) is 20.8 Å². The monoisotopic (exact) mass is 456 g/mol. The van der Waals surface area contributed by atoms with Gasteiger partial charge in [0.15, 0.2) is 0 Å². The maximum Gasteiger partial charge on any atom is 0.267 e. The first kappa shape index (κ1) is 22.2. The number of amides is 2. The van der Waals surface area contributed by atoms with Crippen molar-refractivity contribution in [3.63, 3.8) is 0 Å². The van der Waals surface area contributed by atoms with Gasteiger partial charge in [-0.25, -0.2) is 0 Å². The Morgan fingerprint density at radius 3 is 2.50 bits per heavy atom. The van der Waals surface area contributed by atoms with Gasteiger partial charge in [0, 0.05) is 33.5 Å². The molecule has 0 aliphatic rings. The van der Waals surface area contributed by atoms with Gasteiger partial charge in [-0.2, -0.15) is 11.8 Å². The summed E-state index contributed by atoms with van der Waals surface area (Å²) in [5.74, 6) is 0.876. The van der Waals surface area contributed by atoms with Gasteiger partial charge in [0.2, 0.25) is 0 Å². The fourth-order valence-corrected chi connectivity index (χ4v) is 4.39. The normalized spacial score (nSPS) is 11.2. The molecular weight excluding hydrogens is 436 g/mol. The lowest BCUT2D eigenvalue weighted by molar-refractivity contribution is -0.117. The highest BCUT2D eigenvalue weighted by molar-refractivity contribution is 7.98. The van der Waals surface area contributed by atoms with E-state index in [-0.39, 0.29) is 17.5 Å². The van der Waals surface area contributed by atoms with Gasteiger partial charge in [0.1, 0.15) is 5.70 Å². The standard InChI is InChI=1S/C23H21ClN2O2S2/c24-20-11-5-4-9-18(20)16-29-14-12-25-23(28)21(15-19-10-6-13-30-19)26-22(27)17-7-2-1-3-8-17/h1-11,13,15H,12,14,16H2,(H,25,28)(H,26,27)/b21-15-. The van der Waals surface area contributed by atoms with Crippen molar-refractivity contribution in [2.75, 3.05) is 12.3 Å². The minimum atomic E-state index is -0.318. The number of carbonyl (C=O) groups excluding carboxylic acids is 2. The average molecular weight is 457 g/mol. The van der Waals surface area contributed by atoms with E-state index in [0.29, 0.717) is 12.1 Å². The molecule has 0 radical (unpaired) electrons. The van der Waals surface area contributed by atoms with Crippen molar-refractivity contribution >= 4 is 52.6 Å². The van der Waals surface area contributed by atoms with Gasteiger partial charge in [-0.1, -0.05) is 54.1 Å². The number of carbonyl (C=O) groups is 2. The van der Waals surface area contributed by atoms with Crippen LogP contribution in [0, 0.1) is 0 Å². The Kier molecular flexibility index (Phi) is 8.56. The van der Waals surface area contributed by atoms with Gasteiger partial charge in [-0.3, -0.25) is 9.59 Å². The molecule has 4 nitrogen and oxygen atoms in total. The summed E-state index contributed by atoms with van der Waals surface area (Å²) in [5.41, 5.74) is 1.80. The summed E-state index contributed by atoms with van der Waals surface area (Å²) in [6.45, 7) is 0.483. The van der Waals surface area contributed by atoms with E-state index in [4.69, 9.17) is 11.6 Å². The quantitative estimate of drug-likeness (QED) is 0.342. The zero-order valence-electron chi connectivity index (χ0n) is 16.1. The highest BCUT2D eigenvalue weighted by Gasteiger charge is 2.14. The van der Waals surface area contributed by atoms with E-state index in [1.54, 1.807) is 42.1 Å². The van der Waals surface area contributed by atoms with Crippen molar-refractivity contribution in [2.24, 2.45) is 0 Å². The van der Waals surface area contributed by atoms with E-state index in [1.807, 2.05) is 47.8 Å². The lowest BCUT2D eigenvalue weighted by Crippen LogP contribution is -2.35. The summed E-state index contributed by atoms with van der Waals surface area (Å²) in [4.78, 5) is 26.1. The van der Waals surface area contributed by atoms with Crippen LogP contribution < -0.4 is 10.6 Å². The second-order valence-corrected chi connectivity index (χ2v) is 8.79. The molecule has 0 atom stereocenters. The Morgan fingerprint density at radius 2 is 1.77 bits per heavy atom. The number of thiophene rings is 1. The highest BCUT2D eigenvalue weighted by atomic mass is 35.5. The van der Waals surface area contributed by atoms with E-state index in [9.17, 15) is 9.59 Å². The summed E-state index contributed by atoms with van der Waals surface area (Å²) in [6.07, 6.45) is 1.69. The molecule has 0 bridgehead atoms. The third-order valence-corrected chi connectivity index (χ3v) is 6.30. The van der Waals surface area contributed by atoms with Crippen LogP contribution in [0.5, 0.6) is 0 Å². The van der Waals surface area contributed by atoms with Gasteiger partial charge in [-0.15, -0.1) is 11.3 Å². The van der Waals surface area contributed by atoms with Gasteiger partial charge in [0.25, 0.3) is 11.8 Å². The number of halogens is 1. The molecule has 0 unspecified atom stereocenters. The van der Waals surface area contributed by atoms with Gasteiger partial charge < -0.3 is 10.6 Å². The molecule has 0 aliphatic carbocycles. The molecule has 3 aromatic rings. The SMILES string of the molecule is O=C(NCCSCc1ccccc1Cl)/C(=C/c1cccs1)NC(=O)c1ccccc1. The second-order valence-electron chi connectivity index (χ2n) is 6.29. The molecule has 30 heavy (non-hydrogen) atoms. The Labute approximate surface area is 189 Å². The van der Waals surface area contributed by atoms with Gasteiger partial charge >= 0.3 is 0 Å². The lowest BCUT2D eigenvalue weighted by atomic mass is 10.2. The van der Waals surface area contributed by atoms with Crippen molar-refractivity contribution in [3.8, 4) is 0 Å². The molecule has 0 saturated heterocycles. The zero-order chi connectivity index (χ0) is 21.2. The van der Waals surface area contributed by atoms with Crippen LogP contribution in [0.2, 0.25) is 5.02 Å². The number of hydrogen-bond donors (Lipinski definition) is 2. The molecule has 0 aliphatic heterocycles. The smallest absolute Gasteiger partial charge is 0.267 e. The van der Waals surface area contributed by atoms with Crippen LogP contribution in [0.15, 0.2) is 77.8 Å². The third kappa shape index (κ3) is 6.76. The number of rotatable bonds is 9. The van der Waals surface area contributed by atoms with Crippen molar-refractivity contribution < 1.29 is 9.59 Å². The van der Waals surface area contributed by atoms with Gasteiger partial charge in [0.05, 0.1) is 0 Å². The fraction of sp³-hybridized carbons (Fsp3) is 0.130. The fourth-order valence-electron chi connectivity index (χ4n) is 2.59. The molecule has 0 spiro atoms. The van der Waals surface area contributed by atoms with Crippen LogP contribution in [0.4, 0.5) is 0 Å². The van der Waals surface area contributed by atoms with Crippen LogP contribution >= 0.6 is 34.7 Å². The summed E-state index contributed by atoms with van der Waals surface area (Å²) < 4.78 is 0. The predicted octanol–water partition coefficient (Wildman–Crippen LogP) is 5.22. The summed E-state index contributed by atoms with van der Waals surface area (Å²) in [6, 6.07) is 20.4. The molecule has 7 heteroatoms. The van der Waals surface area contributed by atoms with Crippen LogP contribution in [-0.4, -0.2) is 24.1 Å². The number of nitrogens with one attached hydrogen (secondary N) is 2. The molecule has 3 rings (SSSR count). The van der Waals surface area contributed by atoms with E-state index in [1.165, 1.54) is 11.3 Å². The summed E-state index contributed by atoms with van der Waals surface area (Å²) >= 11 is 9.35. The maximum absolute atomic E-state index is 12.7. The lowest BCUT2D eigenvalue weighted by Gasteiger charge is -2.11. The molecular formula is C23H21ClN2O2S2. The van der Waals surface area contributed by atoms with E-state index >= 15 is 0 Å². The first-order valence-electron chi connectivity index (χ1n) is 9.34. The van der Waals surface area contributed by atoms with Crippen molar-refractivity contribution in [3.05, 3.63) is 98.8 Å². The molecule has 1 heterocycles. The molecule has 2 aromatic carbocycles. The van der Waals surface area contributed by atoms with Crippen molar-refractivity contribution in [1.82, 2.24) is 10.6 Å². The highest BCUT2D eigenvalue weighted by Crippen LogP contribution is 2.20. The van der Waals surface area contributed by atoms with Crippen LogP contribution in [0.25, 0.3) is 6.08 Å². The maximum atomic E-state index is 12.7. The van der Waals surface area contributed by atoms with E-state index in [2.05, 4.69) is 10.6 Å². The molecule has 2 N–H and O–H groups in total. The Bertz CT molecular complexity index is 1010. The third-order valence-electron chi connectivity index (χ3n) is 4.11.